The number of rotatable bonds is 13. The van der Waals surface area contributed by atoms with Crippen molar-refractivity contribution >= 4 is 77.7 Å². The van der Waals surface area contributed by atoms with Gasteiger partial charge in [-0.1, -0.05) is 149 Å². The standard InChI is InChI=1S/C60H55BN2S/c1-4-7-18-41-27-31-47(32-28-41)63-54-35-30-43(20-9-6-3)38-51(54)52-39-46(44-21-12-10-13-22-44)40-56-58(52)61(63)59-55(36-33-49-48-25-16-17-26-57(48)64-60(49)59)62(56)53-34-29-42(19-8-5-2)37-50(53)45-23-14-11-15-24-45/h10-17,21-40H,4-9,18-20H2,1-3H3. The molecule has 2 aliphatic rings. The SMILES string of the molecule is CCCCc1ccc(N2B3c4c(cc(-c5ccccc5)cc4N(c4ccc(CCCC)cc4-c4ccccc4)c4ccc5c(sc6ccccc65)c43)-c3cc(CCCC)ccc32)cc1. The first-order chi connectivity index (χ1) is 31.6. The molecule has 0 saturated carbocycles. The molecule has 64 heavy (non-hydrogen) atoms. The normalized spacial score (nSPS) is 12.8. The summed E-state index contributed by atoms with van der Waals surface area (Å²) in [5, 5.41) is 2.66. The maximum absolute atomic E-state index is 2.71. The van der Waals surface area contributed by atoms with E-state index in [2.05, 4.69) is 200 Å². The summed E-state index contributed by atoms with van der Waals surface area (Å²) in [6.07, 6.45) is 10.3. The lowest BCUT2D eigenvalue weighted by atomic mass is 9.43. The molecule has 3 heterocycles. The monoisotopic (exact) mass is 846 g/mol. The van der Waals surface area contributed by atoms with Gasteiger partial charge in [-0.15, -0.1) is 11.3 Å². The number of benzene rings is 8. The van der Waals surface area contributed by atoms with Crippen molar-refractivity contribution in [2.24, 2.45) is 0 Å². The van der Waals surface area contributed by atoms with Crippen LogP contribution in [0.15, 0.2) is 170 Å². The summed E-state index contributed by atoms with van der Waals surface area (Å²) in [5.41, 5.74) is 20.8. The molecule has 1 aromatic heterocycles. The third-order valence-corrected chi connectivity index (χ3v) is 15.0. The number of fused-ring (bicyclic) bond motifs is 8. The molecule has 8 aromatic carbocycles. The lowest BCUT2D eigenvalue weighted by Crippen LogP contribution is -2.61. The molecule has 0 aliphatic carbocycles. The largest absolute Gasteiger partial charge is 0.376 e. The fourth-order valence-electron chi connectivity index (χ4n) is 10.5. The van der Waals surface area contributed by atoms with Crippen molar-refractivity contribution in [3.63, 3.8) is 0 Å². The van der Waals surface area contributed by atoms with E-state index in [1.54, 1.807) is 0 Å². The van der Waals surface area contributed by atoms with E-state index in [1.807, 2.05) is 11.3 Å². The number of hydrogen-bond donors (Lipinski definition) is 0. The molecule has 0 radical (unpaired) electrons. The van der Waals surface area contributed by atoms with E-state index in [9.17, 15) is 0 Å². The van der Waals surface area contributed by atoms with Gasteiger partial charge in [-0.25, -0.2) is 0 Å². The van der Waals surface area contributed by atoms with Crippen LogP contribution in [-0.4, -0.2) is 6.85 Å². The van der Waals surface area contributed by atoms with E-state index in [1.165, 1.54) is 148 Å². The highest BCUT2D eigenvalue weighted by Gasteiger charge is 2.47. The molecule has 0 bridgehead atoms. The van der Waals surface area contributed by atoms with Gasteiger partial charge in [0.15, 0.2) is 0 Å². The summed E-state index contributed by atoms with van der Waals surface area (Å²) in [5.74, 6) is 0. The third-order valence-electron chi connectivity index (χ3n) is 13.8. The molecule has 0 atom stereocenters. The average Bonchev–Trinajstić information content (AvgIpc) is 3.74. The van der Waals surface area contributed by atoms with Crippen LogP contribution in [-0.2, 0) is 19.3 Å². The first-order valence-corrected chi connectivity index (χ1v) is 24.6. The second kappa shape index (κ2) is 17.3. The third kappa shape index (κ3) is 7.04. The lowest BCUT2D eigenvalue weighted by molar-refractivity contribution is 0.795. The summed E-state index contributed by atoms with van der Waals surface area (Å²) in [4.78, 5) is 5.37. The lowest BCUT2D eigenvalue weighted by Gasteiger charge is -2.46. The Hall–Kier alpha value is -6.36. The van der Waals surface area contributed by atoms with E-state index in [-0.39, 0.29) is 6.85 Å². The van der Waals surface area contributed by atoms with Crippen molar-refractivity contribution in [2.75, 3.05) is 9.71 Å². The van der Waals surface area contributed by atoms with Crippen LogP contribution in [0.3, 0.4) is 0 Å². The number of nitrogens with zero attached hydrogens (tertiary/aromatic N) is 2. The predicted molar refractivity (Wildman–Crippen MR) is 280 cm³/mol. The van der Waals surface area contributed by atoms with Gasteiger partial charge in [-0.2, -0.15) is 0 Å². The van der Waals surface area contributed by atoms with E-state index >= 15 is 0 Å². The number of aryl methyl sites for hydroxylation is 3. The first kappa shape index (κ1) is 40.4. The highest BCUT2D eigenvalue weighted by atomic mass is 32.1. The van der Waals surface area contributed by atoms with Crippen LogP contribution in [0.2, 0.25) is 0 Å². The van der Waals surface area contributed by atoms with Gasteiger partial charge >= 0.3 is 6.85 Å². The fourth-order valence-corrected chi connectivity index (χ4v) is 11.8. The van der Waals surface area contributed by atoms with Crippen LogP contribution in [0, 0.1) is 0 Å². The van der Waals surface area contributed by atoms with Crippen LogP contribution in [0.4, 0.5) is 28.4 Å². The van der Waals surface area contributed by atoms with Gasteiger partial charge < -0.3 is 9.71 Å². The van der Waals surface area contributed by atoms with E-state index < -0.39 is 0 Å². The highest BCUT2D eigenvalue weighted by molar-refractivity contribution is 7.27. The summed E-state index contributed by atoms with van der Waals surface area (Å²) in [7, 11) is 0. The average molecular weight is 847 g/mol. The second-order valence-electron chi connectivity index (χ2n) is 17.9. The van der Waals surface area contributed by atoms with Gasteiger partial charge in [-0.3, -0.25) is 0 Å². The molecule has 9 aromatic rings. The summed E-state index contributed by atoms with van der Waals surface area (Å²) >= 11 is 1.96. The molecule has 4 heteroatoms. The van der Waals surface area contributed by atoms with Crippen molar-refractivity contribution in [1.29, 1.82) is 0 Å². The Labute approximate surface area is 384 Å². The van der Waals surface area contributed by atoms with E-state index in [4.69, 9.17) is 0 Å². The van der Waals surface area contributed by atoms with Gasteiger partial charge in [0.1, 0.15) is 0 Å². The molecule has 0 amide bonds. The molecule has 0 spiro atoms. The molecule has 2 aliphatic heterocycles. The van der Waals surface area contributed by atoms with Crippen molar-refractivity contribution in [2.45, 2.75) is 78.6 Å². The van der Waals surface area contributed by atoms with Gasteiger partial charge in [0.05, 0.1) is 5.69 Å². The minimum absolute atomic E-state index is 0.0719. The zero-order valence-electron chi connectivity index (χ0n) is 37.4. The molecular formula is C60H55BN2S. The fraction of sp³-hybridized carbons (Fsp3) is 0.200. The maximum atomic E-state index is 2.71. The van der Waals surface area contributed by atoms with Crippen molar-refractivity contribution in [3.8, 4) is 33.4 Å². The van der Waals surface area contributed by atoms with Crippen molar-refractivity contribution < 1.29 is 0 Å². The topological polar surface area (TPSA) is 6.48 Å². The van der Waals surface area contributed by atoms with Crippen LogP contribution < -0.4 is 20.6 Å². The number of unbranched alkanes of at least 4 members (excludes halogenated alkanes) is 3. The van der Waals surface area contributed by atoms with Crippen molar-refractivity contribution in [3.05, 3.63) is 187 Å². The molecule has 2 nitrogen and oxygen atoms in total. The summed E-state index contributed by atoms with van der Waals surface area (Å²) in [6.45, 7) is 6.81. The van der Waals surface area contributed by atoms with E-state index in [0.717, 1.165) is 19.3 Å². The minimum atomic E-state index is -0.0719. The van der Waals surface area contributed by atoms with E-state index in [0.29, 0.717) is 0 Å². The van der Waals surface area contributed by atoms with Gasteiger partial charge in [0.2, 0.25) is 0 Å². The van der Waals surface area contributed by atoms with Crippen LogP contribution in [0.1, 0.15) is 76.0 Å². The molecule has 314 valence electrons. The Kier molecular flexibility index (Phi) is 10.9. The Morgan fingerprint density at radius 1 is 0.422 bits per heavy atom. The Balaban J connectivity index is 1.27. The number of hydrogen-bond acceptors (Lipinski definition) is 3. The summed E-state index contributed by atoms with van der Waals surface area (Å²) in [6, 6.07) is 65.3. The Bertz CT molecular complexity index is 3130. The summed E-state index contributed by atoms with van der Waals surface area (Å²) < 4.78 is 2.70. The second-order valence-corrected chi connectivity index (χ2v) is 19.0. The smallest absolute Gasteiger partial charge is 0.334 e. The maximum Gasteiger partial charge on any atom is 0.334 e. The molecule has 11 rings (SSSR count). The van der Waals surface area contributed by atoms with Gasteiger partial charge in [0, 0.05) is 54.0 Å². The highest BCUT2D eigenvalue weighted by Crippen LogP contribution is 2.51. The van der Waals surface area contributed by atoms with Crippen LogP contribution in [0.5, 0.6) is 0 Å². The Morgan fingerprint density at radius 3 is 1.72 bits per heavy atom. The molecule has 0 saturated heterocycles. The minimum Gasteiger partial charge on any atom is -0.376 e. The predicted octanol–water partition coefficient (Wildman–Crippen LogP) is 16.1. The molecule has 0 N–H and O–H groups in total. The molecule has 0 fully saturated rings. The van der Waals surface area contributed by atoms with Crippen molar-refractivity contribution in [1.82, 2.24) is 0 Å². The molecular weight excluding hydrogens is 792 g/mol. The first-order valence-electron chi connectivity index (χ1n) is 23.8. The Morgan fingerprint density at radius 2 is 1.02 bits per heavy atom. The number of thiophene rings is 1. The van der Waals surface area contributed by atoms with Crippen LogP contribution >= 0.6 is 11.3 Å². The number of anilines is 5. The van der Waals surface area contributed by atoms with Crippen LogP contribution in [0.25, 0.3) is 53.6 Å². The van der Waals surface area contributed by atoms with Gasteiger partial charge in [-0.05, 0) is 149 Å². The quantitative estimate of drug-likeness (QED) is 0.107. The zero-order chi connectivity index (χ0) is 43.1. The zero-order valence-corrected chi connectivity index (χ0v) is 38.2. The molecule has 0 unspecified atom stereocenters. The van der Waals surface area contributed by atoms with Gasteiger partial charge in [0.25, 0.3) is 0 Å².